The summed E-state index contributed by atoms with van der Waals surface area (Å²) in [5, 5.41) is 2.77. The van der Waals surface area contributed by atoms with Gasteiger partial charge in [0.1, 0.15) is 17.8 Å². The molecule has 0 aliphatic carbocycles. The van der Waals surface area contributed by atoms with Crippen LogP contribution in [-0.2, 0) is 4.74 Å². The molecular formula is C11H14N6O2. The van der Waals surface area contributed by atoms with Crippen molar-refractivity contribution in [2.24, 2.45) is 0 Å². The molecular weight excluding hydrogens is 248 g/mol. The van der Waals surface area contributed by atoms with Gasteiger partial charge >= 0.3 is 0 Å². The Morgan fingerprint density at radius 2 is 2.00 bits per heavy atom. The molecule has 0 atom stereocenters. The van der Waals surface area contributed by atoms with Gasteiger partial charge in [0.2, 0.25) is 0 Å². The molecule has 8 nitrogen and oxygen atoms in total. The van der Waals surface area contributed by atoms with Crippen molar-refractivity contribution >= 4 is 11.5 Å². The van der Waals surface area contributed by atoms with Crippen LogP contribution < -0.4 is 16.2 Å². The van der Waals surface area contributed by atoms with Crippen LogP contribution in [0.4, 0.5) is 11.5 Å². The fourth-order valence-electron chi connectivity index (χ4n) is 1.98. The van der Waals surface area contributed by atoms with Crippen molar-refractivity contribution in [1.29, 1.82) is 0 Å². The fourth-order valence-corrected chi connectivity index (χ4v) is 1.98. The lowest BCUT2D eigenvalue weighted by Gasteiger charge is -2.27. The van der Waals surface area contributed by atoms with E-state index in [1.807, 2.05) is 0 Å². The van der Waals surface area contributed by atoms with E-state index in [-0.39, 0.29) is 11.2 Å². The average molecular weight is 262 g/mol. The normalized spacial score (nSPS) is 15.7. The van der Waals surface area contributed by atoms with Crippen molar-refractivity contribution in [3.8, 4) is 5.82 Å². The number of ether oxygens (including phenoxy) is 1. The third-order valence-electron chi connectivity index (χ3n) is 3.00. The second-order valence-electron chi connectivity index (χ2n) is 4.20. The lowest BCUT2D eigenvalue weighted by Crippen LogP contribution is -2.36. The van der Waals surface area contributed by atoms with E-state index in [0.29, 0.717) is 19.0 Å². The van der Waals surface area contributed by atoms with Crippen molar-refractivity contribution in [3.63, 3.8) is 0 Å². The maximum absolute atomic E-state index is 11.8. The van der Waals surface area contributed by atoms with Gasteiger partial charge in [0, 0.05) is 25.4 Å². The molecule has 2 aromatic heterocycles. The zero-order chi connectivity index (χ0) is 13.2. The van der Waals surface area contributed by atoms with Gasteiger partial charge < -0.3 is 15.4 Å². The lowest BCUT2D eigenvalue weighted by molar-refractivity contribution is 0.122. The Morgan fingerprint density at radius 1 is 1.26 bits per heavy atom. The van der Waals surface area contributed by atoms with Crippen molar-refractivity contribution in [2.75, 3.05) is 36.9 Å². The highest BCUT2D eigenvalue weighted by Gasteiger charge is 2.14. The molecule has 100 valence electrons. The van der Waals surface area contributed by atoms with Crippen molar-refractivity contribution < 1.29 is 4.74 Å². The van der Waals surface area contributed by atoms with Crippen LogP contribution in [-0.4, -0.2) is 46.1 Å². The van der Waals surface area contributed by atoms with Crippen LogP contribution in [0.5, 0.6) is 0 Å². The molecule has 2 aromatic rings. The van der Waals surface area contributed by atoms with E-state index in [4.69, 9.17) is 10.5 Å². The monoisotopic (exact) mass is 262 g/mol. The van der Waals surface area contributed by atoms with E-state index < -0.39 is 0 Å². The standard InChI is InChI=1S/C11H14N6O2/c12-8-6-15-17(11(8)18)10-5-9(13-7-14-10)16-1-3-19-4-2-16/h5-7,15H,1-4,12H2. The van der Waals surface area contributed by atoms with Gasteiger partial charge in [0.05, 0.1) is 13.2 Å². The summed E-state index contributed by atoms with van der Waals surface area (Å²) in [5.74, 6) is 1.24. The molecule has 1 aliphatic heterocycles. The third-order valence-corrected chi connectivity index (χ3v) is 3.00. The van der Waals surface area contributed by atoms with Crippen molar-refractivity contribution in [2.45, 2.75) is 0 Å². The highest BCUT2D eigenvalue weighted by molar-refractivity contribution is 5.44. The Bertz CT molecular complexity index is 628. The van der Waals surface area contributed by atoms with Crippen LogP contribution in [0.3, 0.4) is 0 Å². The minimum atomic E-state index is -0.313. The van der Waals surface area contributed by atoms with Gasteiger partial charge in [0.25, 0.3) is 5.56 Å². The largest absolute Gasteiger partial charge is 0.393 e. The summed E-state index contributed by atoms with van der Waals surface area (Å²) in [6, 6.07) is 1.75. The van der Waals surface area contributed by atoms with Gasteiger partial charge in [-0.2, -0.15) is 4.68 Å². The van der Waals surface area contributed by atoms with Crippen LogP contribution in [0.25, 0.3) is 5.82 Å². The Kier molecular flexibility index (Phi) is 2.92. The van der Waals surface area contributed by atoms with Crippen LogP contribution in [0.2, 0.25) is 0 Å². The minimum absolute atomic E-state index is 0.159. The molecule has 0 spiro atoms. The summed E-state index contributed by atoms with van der Waals surface area (Å²) in [5.41, 5.74) is 5.37. The Labute approximate surface area is 108 Å². The van der Waals surface area contributed by atoms with Crippen molar-refractivity contribution in [3.05, 3.63) is 28.9 Å². The van der Waals surface area contributed by atoms with Crippen LogP contribution in [0.1, 0.15) is 0 Å². The number of rotatable bonds is 2. The Hall–Kier alpha value is -2.35. The number of anilines is 2. The molecule has 0 bridgehead atoms. The van der Waals surface area contributed by atoms with Gasteiger partial charge in [-0.25, -0.2) is 9.97 Å². The maximum Gasteiger partial charge on any atom is 0.295 e. The van der Waals surface area contributed by atoms with Gasteiger partial charge in [-0.05, 0) is 0 Å². The molecule has 8 heteroatoms. The molecule has 0 amide bonds. The first-order valence-electron chi connectivity index (χ1n) is 5.97. The predicted octanol–water partition coefficient (Wildman–Crippen LogP) is -0.626. The molecule has 0 saturated carbocycles. The zero-order valence-electron chi connectivity index (χ0n) is 10.2. The fraction of sp³-hybridized carbons (Fsp3) is 0.364. The second kappa shape index (κ2) is 4.73. The van der Waals surface area contributed by atoms with Gasteiger partial charge in [-0.1, -0.05) is 0 Å². The summed E-state index contributed by atoms with van der Waals surface area (Å²) in [6.07, 6.45) is 2.88. The van der Waals surface area contributed by atoms with E-state index >= 15 is 0 Å². The first-order chi connectivity index (χ1) is 9.25. The number of nitrogen functional groups attached to an aromatic ring is 1. The molecule has 19 heavy (non-hydrogen) atoms. The third kappa shape index (κ3) is 2.17. The van der Waals surface area contributed by atoms with Crippen LogP contribution in [0.15, 0.2) is 23.4 Å². The topological polar surface area (TPSA) is 102 Å². The summed E-state index contributed by atoms with van der Waals surface area (Å²) >= 11 is 0. The minimum Gasteiger partial charge on any atom is -0.393 e. The van der Waals surface area contributed by atoms with E-state index in [2.05, 4.69) is 20.0 Å². The molecule has 3 heterocycles. The van der Waals surface area contributed by atoms with Gasteiger partial charge in [-0.15, -0.1) is 0 Å². The Morgan fingerprint density at radius 3 is 2.68 bits per heavy atom. The number of aromatic amines is 1. The van der Waals surface area contributed by atoms with E-state index in [9.17, 15) is 4.79 Å². The first kappa shape index (κ1) is 11.7. The van der Waals surface area contributed by atoms with Crippen LogP contribution >= 0.6 is 0 Å². The summed E-state index contributed by atoms with van der Waals surface area (Å²) in [6.45, 7) is 2.90. The summed E-state index contributed by atoms with van der Waals surface area (Å²) in [4.78, 5) is 22.2. The number of aromatic nitrogens is 4. The van der Waals surface area contributed by atoms with Crippen LogP contribution in [0, 0.1) is 0 Å². The smallest absolute Gasteiger partial charge is 0.295 e. The molecule has 0 radical (unpaired) electrons. The molecule has 1 fully saturated rings. The number of nitrogens with two attached hydrogens (primary N) is 1. The Balaban J connectivity index is 1.95. The number of hydrogen-bond donors (Lipinski definition) is 2. The molecule has 3 N–H and O–H groups in total. The van der Waals surface area contributed by atoms with Gasteiger partial charge in [0.15, 0.2) is 5.82 Å². The average Bonchev–Trinajstić information content (AvgIpc) is 2.80. The lowest BCUT2D eigenvalue weighted by atomic mass is 10.4. The highest BCUT2D eigenvalue weighted by atomic mass is 16.5. The van der Waals surface area contributed by atoms with E-state index in [1.165, 1.54) is 17.2 Å². The first-order valence-corrected chi connectivity index (χ1v) is 5.97. The number of morpholine rings is 1. The van der Waals surface area contributed by atoms with E-state index in [1.54, 1.807) is 6.07 Å². The number of H-pyrrole nitrogens is 1. The zero-order valence-corrected chi connectivity index (χ0v) is 10.2. The number of nitrogens with one attached hydrogen (secondary N) is 1. The quantitative estimate of drug-likeness (QED) is 0.747. The molecule has 0 aromatic carbocycles. The number of nitrogens with zero attached hydrogens (tertiary/aromatic N) is 4. The van der Waals surface area contributed by atoms with Crippen molar-refractivity contribution in [1.82, 2.24) is 19.7 Å². The predicted molar refractivity (Wildman–Crippen MR) is 69.4 cm³/mol. The molecule has 1 saturated heterocycles. The second-order valence-corrected chi connectivity index (χ2v) is 4.20. The van der Waals surface area contributed by atoms with E-state index in [0.717, 1.165) is 18.9 Å². The highest BCUT2D eigenvalue weighted by Crippen LogP contribution is 2.14. The SMILES string of the molecule is Nc1c[nH]n(-c2cc(N3CCOCC3)ncn2)c1=O. The number of hydrogen-bond acceptors (Lipinski definition) is 6. The maximum atomic E-state index is 11.8. The molecule has 0 unspecified atom stereocenters. The molecule has 1 aliphatic rings. The van der Waals surface area contributed by atoms with Gasteiger partial charge in [-0.3, -0.25) is 9.89 Å². The molecule has 3 rings (SSSR count). The summed E-state index contributed by atoms with van der Waals surface area (Å²) in [7, 11) is 0. The summed E-state index contributed by atoms with van der Waals surface area (Å²) < 4.78 is 6.59.